The molecule has 126 valence electrons. The molecule has 1 saturated carbocycles. The molecule has 0 spiro atoms. The molecule has 2 fully saturated rings. The average Bonchev–Trinajstić information content (AvgIpc) is 3.35. The minimum Gasteiger partial charge on any atom is -0.388 e. The zero-order valence-corrected chi connectivity index (χ0v) is 13.6. The van der Waals surface area contributed by atoms with Gasteiger partial charge in [-0.3, -0.25) is 0 Å². The molecule has 0 amide bonds. The number of aliphatic hydroxyl groups is 1. The number of nitrogens with zero attached hydrogens (tertiary/aromatic N) is 3. The van der Waals surface area contributed by atoms with E-state index >= 15 is 0 Å². The van der Waals surface area contributed by atoms with Crippen LogP contribution in [0.25, 0.3) is 0 Å². The van der Waals surface area contributed by atoms with Crippen molar-refractivity contribution in [1.82, 2.24) is 9.97 Å². The molecule has 2 aromatic rings. The van der Waals surface area contributed by atoms with Gasteiger partial charge < -0.3 is 10.0 Å². The van der Waals surface area contributed by atoms with Crippen molar-refractivity contribution < 1.29 is 9.50 Å². The van der Waals surface area contributed by atoms with Crippen LogP contribution in [0.2, 0.25) is 0 Å². The van der Waals surface area contributed by atoms with Crippen LogP contribution in [0.5, 0.6) is 0 Å². The van der Waals surface area contributed by atoms with Crippen LogP contribution >= 0.6 is 0 Å². The summed E-state index contributed by atoms with van der Waals surface area (Å²) >= 11 is 0. The fourth-order valence-electron chi connectivity index (χ4n) is 3.52. The zero-order chi connectivity index (χ0) is 16.5. The van der Waals surface area contributed by atoms with Crippen molar-refractivity contribution in [2.45, 2.75) is 50.2 Å². The summed E-state index contributed by atoms with van der Waals surface area (Å²) in [7, 11) is 0. The van der Waals surface area contributed by atoms with Crippen LogP contribution in [-0.4, -0.2) is 27.7 Å². The highest BCUT2D eigenvalue weighted by Crippen LogP contribution is 2.39. The number of hydrogen-bond acceptors (Lipinski definition) is 4. The van der Waals surface area contributed by atoms with Crippen LogP contribution in [0.4, 0.5) is 10.2 Å². The Labute approximate surface area is 141 Å². The number of aromatic nitrogens is 2. The Hall–Kier alpha value is -2.01. The molecule has 2 atom stereocenters. The molecule has 4 rings (SSSR count). The van der Waals surface area contributed by atoms with Crippen molar-refractivity contribution in [3.05, 3.63) is 53.7 Å². The van der Waals surface area contributed by atoms with Crippen LogP contribution in [0.3, 0.4) is 0 Å². The van der Waals surface area contributed by atoms with E-state index in [0.29, 0.717) is 12.3 Å². The van der Waals surface area contributed by atoms with E-state index in [4.69, 9.17) is 4.98 Å². The summed E-state index contributed by atoms with van der Waals surface area (Å²) in [5.74, 6) is 2.19. The molecule has 2 aliphatic rings. The quantitative estimate of drug-likeness (QED) is 0.912. The molecule has 24 heavy (non-hydrogen) atoms. The molecule has 4 nitrogen and oxygen atoms in total. The van der Waals surface area contributed by atoms with E-state index < -0.39 is 6.10 Å². The summed E-state index contributed by atoms with van der Waals surface area (Å²) in [4.78, 5) is 11.4. The number of hydrogen-bond donors (Lipinski definition) is 1. The Morgan fingerprint density at radius 1 is 1.17 bits per heavy atom. The lowest BCUT2D eigenvalue weighted by Gasteiger charge is -2.27. The Morgan fingerprint density at radius 3 is 2.71 bits per heavy atom. The second-order valence-corrected chi connectivity index (χ2v) is 6.84. The smallest absolute Gasteiger partial charge is 0.133 e. The van der Waals surface area contributed by atoms with E-state index in [2.05, 4.69) is 9.88 Å². The third-order valence-corrected chi connectivity index (χ3v) is 5.02. The first-order chi connectivity index (χ1) is 11.7. The lowest BCUT2D eigenvalue weighted by atomic mass is 10.0. The third-order valence-electron chi connectivity index (χ3n) is 5.02. The van der Waals surface area contributed by atoms with Crippen molar-refractivity contribution in [2.24, 2.45) is 0 Å². The van der Waals surface area contributed by atoms with Crippen molar-refractivity contribution in [1.29, 1.82) is 0 Å². The number of benzene rings is 1. The molecular formula is C19H22FN3O. The molecule has 0 radical (unpaired) electrons. The van der Waals surface area contributed by atoms with Gasteiger partial charge in [-0.1, -0.05) is 12.1 Å². The standard InChI is InChI=1S/C19H22FN3O/c20-15-7-5-13(6-8-15)17(24)12-16-2-1-11-23(16)18-9-10-21-19(22-18)14-3-4-14/h5-10,14,16-17,24H,1-4,11-12H2/t16-,17-/m0/s1. The molecule has 1 aromatic carbocycles. The fraction of sp³-hybridized carbons (Fsp3) is 0.474. The van der Waals surface area contributed by atoms with Crippen molar-refractivity contribution >= 4 is 5.82 Å². The highest BCUT2D eigenvalue weighted by molar-refractivity contribution is 5.41. The van der Waals surface area contributed by atoms with Gasteiger partial charge in [0.05, 0.1) is 6.10 Å². The number of anilines is 1. The van der Waals surface area contributed by atoms with Gasteiger partial charge in [-0.15, -0.1) is 0 Å². The van der Waals surface area contributed by atoms with E-state index in [1.54, 1.807) is 12.1 Å². The highest BCUT2D eigenvalue weighted by Gasteiger charge is 2.30. The topological polar surface area (TPSA) is 49.2 Å². The van der Waals surface area contributed by atoms with Gasteiger partial charge in [0.2, 0.25) is 0 Å². The first kappa shape index (κ1) is 15.5. The molecule has 0 unspecified atom stereocenters. The number of rotatable bonds is 5. The van der Waals surface area contributed by atoms with E-state index in [0.717, 1.165) is 36.6 Å². The predicted molar refractivity (Wildman–Crippen MR) is 90.4 cm³/mol. The summed E-state index contributed by atoms with van der Waals surface area (Å²) in [6.45, 7) is 0.960. The minimum atomic E-state index is -0.582. The Bertz CT molecular complexity index is 702. The molecule has 1 aliphatic heterocycles. The summed E-state index contributed by atoms with van der Waals surface area (Å²) < 4.78 is 13.0. The summed E-state index contributed by atoms with van der Waals surface area (Å²) in [6, 6.07) is 8.35. The minimum absolute atomic E-state index is 0.256. The monoisotopic (exact) mass is 327 g/mol. The molecule has 5 heteroatoms. The van der Waals surface area contributed by atoms with Gasteiger partial charge in [0.25, 0.3) is 0 Å². The van der Waals surface area contributed by atoms with Crippen LogP contribution in [-0.2, 0) is 0 Å². The summed E-state index contributed by atoms with van der Waals surface area (Å²) in [6.07, 6.45) is 6.42. The first-order valence-corrected chi connectivity index (χ1v) is 8.74. The molecular weight excluding hydrogens is 305 g/mol. The van der Waals surface area contributed by atoms with Gasteiger partial charge in [-0.05, 0) is 55.9 Å². The Kier molecular flexibility index (Phi) is 4.19. The normalized spacial score (nSPS) is 21.9. The van der Waals surface area contributed by atoms with Gasteiger partial charge in [0, 0.05) is 24.7 Å². The maximum Gasteiger partial charge on any atom is 0.133 e. The van der Waals surface area contributed by atoms with Gasteiger partial charge in [-0.25, -0.2) is 14.4 Å². The predicted octanol–water partition coefficient (Wildman–Crippen LogP) is 3.59. The second-order valence-electron chi connectivity index (χ2n) is 6.84. The maximum atomic E-state index is 13.0. The van der Waals surface area contributed by atoms with Crippen LogP contribution in [0, 0.1) is 5.82 Å². The van der Waals surface area contributed by atoms with Crippen LogP contribution < -0.4 is 4.90 Å². The molecule has 0 bridgehead atoms. The zero-order valence-electron chi connectivity index (χ0n) is 13.6. The van der Waals surface area contributed by atoms with E-state index in [1.165, 1.54) is 25.0 Å². The lowest BCUT2D eigenvalue weighted by Crippen LogP contribution is -2.31. The van der Waals surface area contributed by atoms with Gasteiger partial charge in [-0.2, -0.15) is 0 Å². The highest BCUT2D eigenvalue weighted by atomic mass is 19.1. The lowest BCUT2D eigenvalue weighted by molar-refractivity contribution is 0.158. The number of aliphatic hydroxyl groups excluding tert-OH is 1. The molecule has 1 N–H and O–H groups in total. The first-order valence-electron chi connectivity index (χ1n) is 8.74. The average molecular weight is 327 g/mol. The van der Waals surface area contributed by atoms with E-state index in [1.807, 2.05) is 12.3 Å². The maximum absolute atomic E-state index is 13.0. The summed E-state index contributed by atoms with van der Waals surface area (Å²) in [5.41, 5.74) is 0.768. The SMILES string of the molecule is O[C@@H](C[C@@H]1CCCN1c1ccnc(C2CC2)n1)c1ccc(F)cc1. The van der Waals surface area contributed by atoms with Gasteiger partial charge in [0.1, 0.15) is 17.5 Å². The van der Waals surface area contributed by atoms with Crippen molar-refractivity contribution in [2.75, 3.05) is 11.4 Å². The van der Waals surface area contributed by atoms with E-state index in [-0.39, 0.29) is 11.9 Å². The fourth-order valence-corrected chi connectivity index (χ4v) is 3.52. The van der Waals surface area contributed by atoms with Gasteiger partial charge in [0.15, 0.2) is 0 Å². The van der Waals surface area contributed by atoms with Crippen molar-refractivity contribution in [3.63, 3.8) is 0 Å². The molecule has 1 aromatic heterocycles. The molecule has 2 heterocycles. The Morgan fingerprint density at radius 2 is 1.96 bits per heavy atom. The third kappa shape index (κ3) is 3.26. The van der Waals surface area contributed by atoms with Crippen molar-refractivity contribution in [3.8, 4) is 0 Å². The summed E-state index contributed by atoms with van der Waals surface area (Å²) in [5, 5.41) is 10.5. The largest absolute Gasteiger partial charge is 0.388 e. The van der Waals surface area contributed by atoms with Gasteiger partial charge >= 0.3 is 0 Å². The molecule has 1 aliphatic carbocycles. The molecule has 1 saturated heterocycles. The number of halogens is 1. The Balaban J connectivity index is 1.48. The van der Waals surface area contributed by atoms with Crippen LogP contribution in [0.1, 0.15) is 55.5 Å². The second kappa shape index (κ2) is 6.48. The van der Waals surface area contributed by atoms with E-state index in [9.17, 15) is 9.50 Å². The van der Waals surface area contributed by atoms with Crippen LogP contribution in [0.15, 0.2) is 36.5 Å².